The first-order valence-corrected chi connectivity index (χ1v) is 21.4. The minimum atomic E-state index is -4.58. The first kappa shape index (κ1) is 49.8. The zero-order chi connectivity index (χ0) is 47.0. The molecule has 0 bridgehead atoms. The number of nitrogens with one attached hydrogen (secondary N) is 2. The van der Waals surface area contributed by atoms with E-state index in [4.69, 9.17) is 9.47 Å². The van der Waals surface area contributed by atoms with Crippen LogP contribution in [0, 0.1) is 24.7 Å². The molecule has 10 nitrogen and oxygen atoms in total. The molecule has 0 saturated carbocycles. The van der Waals surface area contributed by atoms with Crippen molar-refractivity contribution in [3.63, 3.8) is 0 Å². The van der Waals surface area contributed by atoms with Crippen LogP contribution in [0.2, 0.25) is 0 Å². The van der Waals surface area contributed by atoms with Gasteiger partial charge in [-0.2, -0.15) is 26.3 Å². The van der Waals surface area contributed by atoms with Crippen molar-refractivity contribution in [2.75, 3.05) is 53.5 Å². The summed E-state index contributed by atoms with van der Waals surface area (Å²) >= 11 is 0. The van der Waals surface area contributed by atoms with Crippen LogP contribution in [0.4, 0.5) is 26.3 Å². The first-order chi connectivity index (χ1) is 30.0. The molecule has 2 fully saturated rings. The molecule has 0 spiro atoms. The highest BCUT2D eigenvalue weighted by Gasteiger charge is 2.42. The molecule has 0 unspecified atom stereocenters. The molecule has 4 heterocycles. The third-order valence-electron chi connectivity index (χ3n) is 12.2. The second-order valence-electron chi connectivity index (χ2n) is 17.9. The molecule has 348 valence electrons. The summed E-state index contributed by atoms with van der Waals surface area (Å²) in [6.07, 6.45) is -5.09. The van der Waals surface area contributed by atoms with Gasteiger partial charge in [0, 0.05) is 63.5 Å². The molecule has 64 heavy (non-hydrogen) atoms. The summed E-state index contributed by atoms with van der Waals surface area (Å²) in [6.45, 7) is 13.5. The van der Waals surface area contributed by atoms with Gasteiger partial charge in [0.2, 0.25) is 23.6 Å². The summed E-state index contributed by atoms with van der Waals surface area (Å²) in [5, 5.41) is 6.83. The SMILES string of the molecule is Cc1ccccc1[C@@H]1CNCC[C@H]1N(C)C(=O)C(C)(C)COc1ncccc1C(F)(F)F.Cc1ccccc1[C@H]1CNCC[C@@H]1N(C)C(=O)C(C)(C)COc1ncccc1C(F)(F)F. The largest absolute Gasteiger partial charge is 0.476 e. The third kappa shape index (κ3) is 12.1. The molecule has 0 aliphatic carbocycles. The second kappa shape index (κ2) is 20.7. The zero-order valence-corrected chi connectivity index (χ0v) is 37.7. The van der Waals surface area contributed by atoms with E-state index in [1.807, 2.05) is 24.3 Å². The van der Waals surface area contributed by atoms with Gasteiger partial charge in [-0.3, -0.25) is 9.59 Å². The van der Waals surface area contributed by atoms with Gasteiger partial charge in [0.25, 0.3) is 0 Å². The number of nitrogens with zero attached hydrogens (tertiary/aromatic N) is 4. The number of rotatable bonds is 12. The normalized spacial score (nSPS) is 19.5. The van der Waals surface area contributed by atoms with E-state index in [1.54, 1.807) is 51.6 Å². The highest BCUT2D eigenvalue weighted by molar-refractivity contribution is 5.83. The Morgan fingerprint density at radius 2 is 0.969 bits per heavy atom. The van der Waals surface area contributed by atoms with Crippen LogP contribution in [-0.2, 0) is 21.9 Å². The minimum absolute atomic E-state index is 0.0234. The monoisotopic (exact) mass is 898 g/mol. The van der Waals surface area contributed by atoms with E-state index >= 15 is 0 Å². The number of likely N-dealkylation sites (N-methyl/N-ethyl adjacent to an activating group) is 2. The van der Waals surface area contributed by atoms with E-state index < -0.39 is 46.1 Å². The fourth-order valence-corrected chi connectivity index (χ4v) is 8.58. The van der Waals surface area contributed by atoms with Crippen LogP contribution in [0.25, 0.3) is 0 Å². The molecular formula is C48H60F6N6O4. The second-order valence-corrected chi connectivity index (χ2v) is 17.9. The van der Waals surface area contributed by atoms with Crippen LogP contribution in [0.15, 0.2) is 85.2 Å². The average molecular weight is 899 g/mol. The van der Waals surface area contributed by atoms with Crippen LogP contribution in [0.3, 0.4) is 0 Å². The molecule has 4 atom stereocenters. The molecule has 2 aliphatic rings. The lowest BCUT2D eigenvalue weighted by molar-refractivity contribution is -0.145. The lowest BCUT2D eigenvalue weighted by atomic mass is 9.82. The number of halogens is 6. The van der Waals surface area contributed by atoms with Crippen LogP contribution in [0.1, 0.15) is 85.8 Å². The summed E-state index contributed by atoms with van der Waals surface area (Å²) < 4.78 is 90.3. The number of aryl methyl sites for hydroxylation is 2. The summed E-state index contributed by atoms with van der Waals surface area (Å²) in [5.74, 6) is -1.11. The van der Waals surface area contributed by atoms with Gasteiger partial charge in [-0.15, -0.1) is 0 Å². The number of hydrogen-bond donors (Lipinski definition) is 2. The Morgan fingerprint density at radius 3 is 1.31 bits per heavy atom. The van der Waals surface area contributed by atoms with Crippen molar-refractivity contribution in [2.45, 2.75) is 90.7 Å². The number of amides is 2. The Hall–Kier alpha value is -5.22. The number of carbonyl (C=O) groups is 2. The molecule has 2 amide bonds. The lowest BCUT2D eigenvalue weighted by Gasteiger charge is -2.42. The van der Waals surface area contributed by atoms with Gasteiger partial charge in [-0.25, -0.2) is 9.97 Å². The number of alkyl halides is 6. The van der Waals surface area contributed by atoms with Crippen LogP contribution >= 0.6 is 0 Å². The van der Waals surface area contributed by atoms with E-state index in [9.17, 15) is 35.9 Å². The summed E-state index contributed by atoms with van der Waals surface area (Å²) in [4.78, 5) is 37.8. The van der Waals surface area contributed by atoms with Gasteiger partial charge < -0.3 is 29.9 Å². The third-order valence-corrected chi connectivity index (χ3v) is 12.2. The number of pyridine rings is 2. The van der Waals surface area contributed by atoms with Crippen molar-refractivity contribution in [2.24, 2.45) is 10.8 Å². The van der Waals surface area contributed by atoms with Crippen molar-refractivity contribution in [1.29, 1.82) is 0 Å². The van der Waals surface area contributed by atoms with Crippen molar-refractivity contribution in [3.05, 3.63) is 119 Å². The van der Waals surface area contributed by atoms with Gasteiger partial charge in [0.05, 0.1) is 10.8 Å². The molecular weight excluding hydrogens is 839 g/mol. The molecule has 2 aromatic carbocycles. The molecule has 2 N–H and O–H groups in total. The van der Waals surface area contributed by atoms with E-state index in [0.29, 0.717) is 0 Å². The van der Waals surface area contributed by atoms with E-state index in [0.717, 1.165) is 51.2 Å². The van der Waals surface area contributed by atoms with Crippen molar-refractivity contribution in [1.82, 2.24) is 30.4 Å². The quantitative estimate of drug-likeness (QED) is 0.136. The number of aromatic nitrogens is 2. The Labute approximate surface area is 372 Å². The molecule has 2 aliphatic heterocycles. The number of ether oxygens (including phenoxy) is 2. The highest BCUT2D eigenvalue weighted by atomic mass is 19.4. The van der Waals surface area contributed by atoms with Gasteiger partial charge in [0.15, 0.2) is 0 Å². The van der Waals surface area contributed by atoms with Gasteiger partial charge in [-0.05, 0) is 114 Å². The van der Waals surface area contributed by atoms with Crippen molar-refractivity contribution in [3.8, 4) is 11.8 Å². The van der Waals surface area contributed by atoms with Crippen molar-refractivity contribution >= 4 is 11.8 Å². The summed E-state index contributed by atoms with van der Waals surface area (Å²) in [5.41, 5.74) is 0.772. The average Bonchev–Trinajstić information content (AvgIpc) is 3.27. The molecule has 16 heteroatoms. The van der Waals surface area contributed by atoms with Crippen LogP contribution < -0.4 is 20.1 Å². The topological polar surface area (TPSA) is 109 Å². The predicted octanol–water partition coefficient (Wildman–Crippen LogP) is 8.84. The van der Waals surface area contributed by atoms with E-state index in [-0.39, 0.29) is 48.9 Å². The van der Waals surface area contributed by atoms with E-state index in [1.165, 1.54) is 46.8 Å². The number of hydrogen-bond acceptors (Lipinski definition) is 8. The smallest absolute Gasteiger partial charge is 0.421 e. The number of carbonyl (C=O) groups excluding carboxylic acids is 2. The Balaban J connectivity index is 0.000000241. The first-order valence-electron chi connectivity index (χ1n) is 21.4. The zero-order valence-electron chi connectivity index (χ0n) is 37.7. The van der Waals surface area contributed by atoms with Gasteiger partial charge >= 0.3 is 12.4 Å². The number of benzene rings is 2. The molecule has 0 radical (unpaired) electrons. The summed E-state index contributed by atoms with van der Waals surface area (Å²) in [6, 6.07) is 20.5. The maximum Gasteiger partial charge on any atom is 0.421 e. The van der Waals surface area contributed by atoms with Crippen molar-refractivity contribution < 1.29 is 45.4 Å². The standard InChI is InChI=1S/2C24H30F3N3O2/c2*1-16-8-5-6-9-17(16)18-14-28-13-11-20(18)30(4)22(31)23(2,3)15-32-21-19(24(25,26)27)10-7-12-29-21/h2*5-10,12,18,20,28H,11,13-15H2,1-4H3/t2*18-,20+/m10/s1. The fourth-order valence-electron chi connectivity index (χ4n) is 8.58. The maximum absolute atomic E-state index is 13.4. The fraction of sp³-hybridized carbons (Fsp3) is 0.500. The van der Waals surface area contributed by atoms with Gasteiger partial charge in [0.1, 0.15) is 24.3 Å². The molecule has 2 saturated heterocycles. The lowest BCUT2D eigenvalue weighted by Crippen LogP contribution is -2.53. The molecule has 2 aromatic heterocycles. The predicted molar refractivity (Wildman–Crippen MR) is 233 cm³/mol. The van der Waals surface area contributed by atoms with Crippen LogP contribution in [-0.4, -0.2) is 97.2 Å². The Kier molecular flexibility index (Phi) is 16.1. The van der Waals surface area contributed by atoms with Crippen LogP contribution in [0.5, 0.6) is 11.8 Å². The minimum Gasteiger partial charge on any atom is -0.476 e. The molecule has 6 rings (SSSR count). The Morgan fingerprint density at radius 1 is 0.609 bits per heavy atom. The van der Waals surface area contributed by atoms with E-state index in [2.05, 4.69) is 58.7 Å². The van der Waals surface area contributed by atoms with Gasteiger partial charge in [-0.1, -0.05) is 48.5 Å². The summed E-state index contributed by atoms with van der Waals surface area (Å²) in [7, 11) is 3.54. The maximum atomic E-state index is 13.4. The highest BCUT2D eigenvalue weighted by Crippen LogP contribution is 2.38. The Bertz CT molecular complexity index is 2050. The molecule has 4 aromatic rings. The number of piperidine rings is 2.